The van der Waals surface area contributed by atoms with Gasteiger partial charge in [0.15, 0.2) is 0 Å². The third-order valence-electron chi connectivity index (χ3n) is 5.10. The molecule has 0 aliphatic carbocycles. The van der Waals surface area contributed by atoms with Gasteiger partial charge in [-0.2, -0.15) is 0 Å². The van der Waals surface area contributed by atoms with Crippen LogP contribution >= 0.6 is 0 Å². The molecule has 0 fully saturated rings. The molecule has 0 saturated heterocycles. The maximum Gasteiger partial charge on any atom is 0.276 e. The second kappa shape index (κ2) is 7.27. The zero-order valence-corrected chi connectivity index (χ0v) is 15.9. The summed E-state index contributed by atoms with van der Waals surface area (Å²) >= 11 is 0. The topological polar surface area (TPSA) is 62.3 Å². The monoisotopic (exact) mass is 371 g/mol. The van der Waals surface area contributed by atoms with E-state index in [1.807, 2.05) is 56.3 Å². The first-order valence-corrected chi connectivity index (χ1v) is 9.28. The Balaban J connectivity index is 1.55. The predicted molar refractivity (Wildman–Crippen MR) is 110 cm³/mol. The van der Waals surface area contributed by atoms with E-state index in [1.54, 1.807) is 23.1 Å². The fourth-order valence-corrected chi connectivity index (χ4v) is 3.38. The number of aromatic nitrogens is 1. The van der Waals surface area contributed by atoms with E-state index < -0.39 is 0 Å². The van der Waals surface area contributed by atoms with Gasteiger partial charge in [0, 0.05) is 17.9 Å². The normalized spacial score (nSPS) is 12.6. The Hall–Kier alpha value is -3.47. The number of nitrogens with one attached hydrogen (secondary N) is 1. The van der Waals surface area contributed by atoms with Crippen LogP contribution in [0.3, 0.4) is 0 Å². The smallest absolute Gasteiger partial charge is 0.276 e. The molecule has 0 bridgehead atoms. The molecule has 4 rings (SSSR count). The largest absolute Gasteiger partial charge is 0.321 e. The number of benzene rings is 2. The number of carbonyl (C=O) groups is 2. The molecular weight excluding hydrogens is 350 g/mol. The van der Waals surface area contributed by atoms with Crippen molar-refractivity contribution in [2.75, 3.05) is 16.8 Å². The minimum absolute atomic E-state index is 0.189. The van der Waals surface area contributed by atoms with Gasteiger partial charge in [-0.25, -0.2) is 4.98 Å². The molecule has 0 atom stereocenters. The van der Waals surface area contributed by atoms with Crippen molar-refractivity contribution < 1.29 is 9.59 Å². The molecule has 0 unspecified atom stereocenters. The highest BCUT2D eigenvalue weighted by molar-refractivity contribution is 6.08. The average Bonchev–Trinajstić information content (AvgIpc) is 3.14. The molecule has 2 aromatic carbocycles. The van der Waals surface area contributed by atoms with Gasteiger partial charge >= 0.3 is 0 Å². The summed E-state index contributed by atoms with van der Waals surface area (Å²) in [6, 6.07) is 18.6. The molecule has 1 aliphatic heterocycles. The van der Waals surface area contributed by atoms with Crippen molar-refractivity contribution >= 4 is 23.2 Å². The SMILES string of the molecule is Cc1ccc(NC(=O)c2cccc(C(=O)N3CCc4ccccc43)n2)cc1C. The van der Waals surface area contributed by atoms with E-state index >= 15 is 0 Å². The molecule has 0 spiro atoms. The molecule has 3 aromatic rings. The number of aryl methyl sites for hydroxylation is 2. The highest BCUT2D eigenvalue weighted by Crippen LogP contribution is 2.28. The minimum atomic E-state index is -0.334. The van der Waals surface area contributed by atoms with Gasteiger partial charge in [0.25, 0.3) is 11.8 Å². The number of amides is 2. The molecule has 1 aliphatic rings. The molecule has 0 saturated carbocycles. The number of hydrogen-bond acceptors (Lipinski definition) is 3. The summed E-state index contributed by atoms with van der Waals surface area (Å²) in [7, 11) is 0. The standard InChI is InChI=1S/C23H21N3O2/c1-15-10-11-18(14-16(15)2)24-22(27)19-7-5-8-20(25-19)23(28)26-13-12-17-6-3-4-9-21(17)26/h3-11,14H,12-13H2,1-2H3,(H,24,27). The van der Waals surface area contributed by atoms with E-state index in [0.29, 0.717) is 12.2 Å². The second-order valence-electron chi connectivity index (χ2n) is 7.00. The average molecular weight is 371 g/mol. The van der Waals surface area contributed by atoms with Crippen LogP contribution in [0.5, 0.6) is 0 Å². The Morgan fingerprint density at radius 2 is 1.71 bits per heavy atom. The molecular formula is C23H21N3O2. The van der Waals surface area contributed by atoms with Gasteiger partial charge in [-0.05, 0) is 67.3 Å². The fourth-order valence-electron chi connectivity index (χ4n) is 3.38. The van der Waals surface area contributed by atoms with Crippen molar-refractivity contribution in [3.05, 3.63) is 88.7 Å². The third kappa shape index (κ3) is 3.39. The summed E-state index contributed by atoms with van der Waals surface area (Å²) in [4.78, 5) is 31.6. The molecule has 1 N–H and O–H groups in total. The maximum absolute atomic E-state index is 13.0. The van der Waals surface area contributed by atoms with Crippen LogP contribution in [0.2, 0.25) is 0 Å². The van der Waals surface area contributed by atoms with Gasteiger partial charge in [0.2, 0.25) is 0 Å². The molecule has 2 heterocycles. The zero-order valence-electron chi connectivity index (χ0n) is 15.9. The van der Waals surface area contributed by atoms with E-state index in [4.69, 9.17) is 0 Å². The quantitative estimate of drug-likeness (QED) is 0.752. The van der Waals surface area contributed by atoms with Gasteiger partial charge in [-0.3, -0.25) is 9.59 Å². The number of para-hydroxylation sites is 1. The lowest BCUT2D eigenvalue weighted by Crippen LogP contribution is -2.30. The highest BCUT2D eigenvalue weighted by atomic mass is 16.2. The summed E-state index contributed by atoms with van der Waals surface area (Å²) in [5.41, 5.74) is 5.52. The number of carbonyl (C=O) groups excluding carboxylic acids is 2. The van der Waals surface area contributed by atoms with Crippen LogP contribution in [0, 0.1) is 13.8 Å². The van der Waals surface area contributed by atoms with E-state index in [-0.39, 0.29) is 23.2 Å². The maximum atomic E-state index is 13.0. The Kier molecular flexibility index (Phi) is 4.65. The van der Waals surface area contributed by atoms with Crippen molar-refractivity contribution in [1.29, 1.82) is 0 Å². The zero-order chi connectivity index (χ0) is 19.7. The molecule has 140 valence electrons. The second-order valence-corrected chi connectivity index (χ2v) is 7.00. The van der Waals surface area contributed by atoms with Gasteiger partial charge in [-0.15, -0.1) is 0 Å². The lowest BCUT2D eigenvalue weighted by atomic mass is 10.1. The number of hydrogen-bond donors (Lipinski definition) is 1. The van der Waals surface area contributed by atoms with E-state index in [0.717, 1.165) is 28.8 Å². The lowest BCUT2D eigenvalue weighted by molar-refractivity contribution is 0.0984. The molecule has 5 heteroatoms. The first-order valence-electron chi connectivity index (χ1n) is 9.28. The van der Waals surface area contributed by atoms with Crippen LogP contribution in [0.15, 0.2) is 60.7 Å². The number of pyridine rings is 1. The van der Waals surface area contributed by atoms with Crippen LogP contribution in [-0.2, 0) is 6.42 Å². The van der Waals surface area contributed by atoms with Crippen molar-refractivity contribution in [3.8, 4) is 0 Å². The fraction of sp³-hybridized carbons (Fsp3) is 0.174. The van der Waals surface area contributed by atoms with Crippen LogP contribution in [0.25, 0.3) is 0 Å². The molecule has 1 aromatic heterocycles. The van der Waals surface area contributed by atoms with E-state index in [2.05, 4.69) is 10.3 Å². The Labute approximate surface area is 164 Å². The van der Waals surface area contributed by atoms with E-state index in [1.165, 1.54) is 0 Å². The van der Waals surface area contributed by atoms with Crippen LogP contribution < -0.4 is 10.2 Å². The third-order valence-corrected chi connectivity index (χ3v) is 5.10. The molecule has 28 heavy (non-hydrogen) atoms. The number of anilines is 2. The van der Waals surface area contributed by atoms with Gasteiger partial charge in [-0.1, -0.05) is 30.3 Å². The van der Waals surface area contributed by atoms with Crippen molar-refractivity contribution in [2.24, 2.45) is 0 Å². The Morgan fingerprint density at radius 3 is 2.54 bits per heavy atom. The number of rotatable bonds is 3. The molecule has 2 amide bonds. The summed E-state index contributed by atoms with van der Waals surface area (Å²) in [6.07, 6.45) is 0.828. The molecule has 0 radical (unpaired) electrons. The van der Waals surface area contributed by atoms with Crippen molar-refractivity contribution in [2.45, 2.75) is 20.3 Å². The lowest BCUT2D eigenvalue weighted by Gasteiger charge is -2.17. The van der Waals surface area contributed by atoms with Crippen LogP contribution in [-0.4, -0.2) is 23.3 Å². The van der Waals surface area contributed by atoms with Crippen LogP contribution in [0.1, 0.15) is 37.7 Å². The minimum Gasteiger partial charge on any atom is -0.321 e. The Morgan fingerprint density at radius 1 is 0.929 bits per heavy atom. The summed E-state index contributed by atoms with van der Waals surface area (Å²) in [5.74, 6) is -0.523. The highest BCUT2D eigenvalue weighted by Gasteiger charge is 2.26. The van der Waals surface area contributed by atoms with Crippen molar-refractivity contribution in [1.82, 2.24) is 4.98 Å². The summed E-state index contributed by atoms with van der Waals surface area (Å²) < 4.78 is 0. The number of nitrogens with zero attached hydrogens (tertiary/aromatic N) is 2. The summed E-state index contributed by atoms with van der Waals surface area (Å²) in [5, 5.41) is 2.85. The van der Waals surface area contributed by atoms with Gasteiger partial charge in [0.1, 0.15) is 11.4 Å². The first kappa shape index (κ1) is 17.9. The van der Waals surface area contributed by atoms with Gasteiger partial charge in [0.05, 0.1) is 0 Å². The predicted octanol–water partition coefficient (Wildman–Crippen LogP) is 4.15. The van der Waals surface area contributed by atoms with Crippen molar-refractivity contribution in [3.63, 3.8) is 0 Å². The Bertz CT molecular complexity index is 1070. The van der Waals surface area contributed by atoms with Crippen LogP contribution in [0.4, 0.5) is 11.4 Å². The van der Waals surface area contributed by atoms with Gasteiger partial charge < -0.3 is 10.2 Å². The first-order chi connectivity index (χ1) is 13.5. The van der Waals surface area contributed by atoms with E-state index in [9.17, 15) is 9.59 Å². The molecule has 5 nitrogen and oxygen atoms in total. The number of fused-ring (bicyclic) bond motifs is 1. The summed E-state index contributed by atoms with van der Waals surface area (Å²) in [6.45, 7) is 4.64.